The van der Waals surface area contributed by atoms with Crippen LogP contribution in [0.1, 0.15) is 101 Å². The van der Waals surface area contributed by atoms with Gasteiger partial charge in [-0.25, -0.2) is 24.1 Å². The Labute approximate surface area is 484 Å². The summed E-state index contributed by atoms with van der Waals surface area (Å²) in [5.41, 5.74) is 10.8. The second kappa shape index (κ2) is 26.6. The van der Waals surface area contributed by atoms with Gasteiger partial charge in [0.15, 0.2) is 0 Å². The van der Waals surface area contributed by atoms with Crippen molar-refractivity contribution < 1.29 is 23.6 Å². The minimum absolute atomic E-state index is 0.0379. The summed E-state index contributed by atoms with van der Waals surface area (Å²) in [6, 6.07) is 8.79. The number of nitrogens with zero attached hydrogens (tertiary/aromatic N) is 14. The number of carbonyl (C=O) groups excluding carboxylic acids is 4. The van der Waals surface area contributed by atoms with Crippen LogP contribution in [0.25, 0.3) is 22.1 Å². The number of carbonyl (C=O) groups is 4. The molecule has 1 unspecified atom stereocenters. The van der Waals surface area contributed by atoms with Crippen molar-refractivity contribution in [3.8, 4) is 0 Å². The maximum Gasteiger partial charge on any atom is 0.329 e. The van der Waals surface area contributed by atoms with Crippen LogP contribution in [0.3, 0.4) is 0 Å². The second-order valence-corrected chi connectivity index (χ2v) is 21.7. The molecule has 0 bridgehead atoms. The topological polar surface area (TPSA) is 233 Å². The highest BCUT2D eigenvalue weighted by atomic mass is 19.1. The minimum atomic E-state index is -0.969. The number of fused-ring (bicyclic) bond motifs is 2. The number of rotatable bonds is 16. The molecule has 2 saturated heterocycles. The molecule has 2 aliphatic carbocycles. The lowest BCUT2D eigenvalue weighted by molar-refractivity contribution is -0.126. The number of hydrogen-bond donors (Lipinski definition) is 3. The highest BCUT2D eigenvalue weighted by Gasteiger charge is 2.38. The fraction of sp³-hybridized carbons (Fsp3) is 0.467. The molecular formula is C60H80FN17O5. The zero-order valence-electron chi connectivity index (χ0n) is 49.3. The molecule has 1 atom stereocenters. The van der Waals surface area contributed by atoms with Crippen LogP contribution in [0.5, 0.6) is 0 Å². The normalized spacial score (nSPS) is 17.9. The van der Waals surface area contributed by atoms with E-state index in [0.717, 1.165) is 100.0 Å². The van der Waals surface area contributed by atoms with E-state index in [1.807, 2.05) is 43.1 Å². The standard InChI is InChI=1S/C40H49FN12O4.C18H25N5O.C2H6/c1-42-34(55)14-10-28(24-54)53-35-30(41)11-12-31(36(35)48(4)40(53)57)50-17-15-49(16-18-50)29-22-51(23-29)27-9-13-33(43-21-27)45-39-44-20-25-19-32(38(56)47(2)3)52(37(25)46-39)26-7-5-6-8-26;1-6-13(3)20-18(19)21-16-12(2)11-15(17(24)22(4)5)23(16)14-9-7-8-10-14;1-2/h9,11-13,19-21,24,26,28-29H,5-8,10,14-18,22-23H2,1-4H3,(H,42,55)(H,43,44,45,46);6,11,14H,1-3,7-10H2,4-5H3,(H2,19,20);1-2H3/b;21-16+;. The molecule has 0 spiro atoms. The van der Waals surface area contributed by atoms with Gasteiger partial charge in [-0.1, -0.05) is 59.3 Å². The molecule has 83 heavy (non-hydrogen) atoms. The highest BCUT2D eigenvalue weighted by molar-refractivity contribution is 6.15. The van der Waals surface area contributed by atoms with E-state index in [-0.39, 0.29) is 54.1 Å². The van der Waals surface area contributed by atoms with E-state index >= 15 is 4.39 Å². The molecule has 7 heterocycles. The lowest BCUT2D eigenvalue weighted by Gasteiger charge is -2.49. The van der Waals surface area contributed by atoms with E-state index in [2.05, 4.69) is 69.6 Å². The van der Waals surface area contributed by atoms with Crippen LogP contribution in [0.2, 0.25) is 0 Å². The molecule has 4 N–H and O–H groups in total. The number of benzene rings is 1. The number of hydrogen-bond acceptors (Lipinski definition) is 13. The number of amidine groups is 1. The Hall–Kier alpha value is -8.47. The molecule has 4 aromatic heterocycles. The number of aldehydes is 1. The fourth-order valence-corrected chi connectivity index (χ4v) is 11.6. The number of imidazole rings is 1. The summed E-state index contributed by atoms with van der Waals surface area (Å²) in [6.07, 6.45) is 16.3. The van der Waals surface area contributed by atoms with Crippen molar-refractivity contribution >= 4 is 81.0 Å². The van der Waals surface area contributed by atoms with E-state index < -0.39 is 17.5 Å². The molecule has 5 aliphatic rings. The number of aromatic nitrogens is 6. The first-order valence-electron chi connectivity index (χ1n) is 28.7. The molecule has 1 aromatic carbocycles. The monoisotopic (exact) mass is 1140 g/mol. The number of likely N-dealkylation sites (N-methyl/N-ethyl adjacent to an activating group) is 1. The van der Waals surface area contributed by atoms with Crippen LogP contribution in [-0.4, -0.2) is 171 Å². The number of piperazine rings is 1. The Balaban J connectivity index is 0.000000290. The van der Waals surface area contributed by atoms with Crippen LogP contribution >= 0.6 is 0 Å². The van der Waals surface area contributed by atoms with Crippen molar-refractivity contribution in [2.24, 2.45) is 22.8 Å². The zero-order chi connectivity index (χ0) is 59.8. The Kier molecular flexibility index (Phi) is 19.4. The van der Waals surface area contributed by atoms with Gasteiger partial charge in [0.1, 0.15) is 46.3 Å². The van der Waals surface area contributed by atoms with Crippen LogP contribution < -0.4 is 31.9 Å². The summed E-state index contributed by atoms with van der Waals surface area (Å²) in [5, 5.41) is 6.61. The van der Waals surface area contributed by atoms with Crippen LogP contribution in [-0.2, 0) is 21.4 Å². The number of amides is 3. The highest BCUT2D eigenvalue weighted by Crippen LogP contribution is 2.37. The number of aliphatic imine (C=N–C) groups is 2. The summed E-state index contributed by atoms with van der Waals surface area (Å²) in [5.74, 6) is 0.762. The van der Waals surface area contributed by atoms with Gasteiger partial charge in [0.25, 0.3) is 11.8 Å². The number of guanidine groups is 1. The van der Waals surface area contributed by atoms with Crippen LogP contribution in [0.4, 0.5) is 27.5 Å². The van der Waals surface area contributed by atoms with E-state index in [4.69, 9.17) is 10.7 Å². The third-order valence-corrected chi connectivity index (χ3v) is 16.0. The Morgan fingerprint density at radius 3 is 2.16 bits per heavy atom. The van der Waals surface area contributed by atoms with E-state index in [0.29, 0.717) is 71.2 Å². The maximum atomic E-state index is 15.4. The average molecular weight is 1140 g/mol. The predicted octanol–water partition coefficient (Wildman–Crippen LogP) is 6.67. The quantitative estimate of drug-likeness (QED) is 0.0406. The first kappa shape index (κ1) is 60.6. The van der Waals surface area contributed by atoms with Gasteiger partial charge in [0.05, 0.1) is 34.8 Å². The second-order valence-electron chi connectivity index (χ2n) is 21.7. The van der Waals surface area contributed by atoms with Crippen molar-refractivity contribution in [1.82, 2.24) is 53.6 Å². The largest absolute Gasteiger partial charge is 0.368 e. The summed E-state index contributed by atoms with van der Waals surface area (Å²) >= 11 is 0. The first-order valence-corrected chi connectivity index (χ1v) is 28.7. The Bertz CT molecular complexity index is 3400. The molecule has 3 amide bonds. The van der Waals surface area contributed by atoms with E-state index in [9.17, 15) is 24.0 Å². The summed E-state index contributed by atoms with van der Waals surface area (Å²) in [4.78, 5) is 97.6. The van der Waals surface area contributed by atoms with Crippen LogP contribution in [0, 0.1) is 5.82 Å². The van der Waals surface area contributed by atoms with Crippen molar-refractivity contribution in [3.63, 3.8) is 0 Å². The number of halogens is 1. The van der Waals surface area contributed by atoms with Crippen molar-refractivity contribution in [2.75, 3.05) is 89.6 Å². The molecular weight excluding hydrogens is 1060 g/mol. The third kappa shape index (κ3) is 12.9. The maximum absolute atomic E-state index is 15.4. The summed E-state index contributed by atoms with van der Waals surface area (Å²) in [6.45, 7) is 20.0. The Morgan fingerprint density at radius 2 is 1.55 bits per heavy atom. The zero-order valence-corrected chi connectivity index (χ0v) is 49.3. The predicted molar refractivity (Wildman–Crippen MR) is 326 cm³/mol. The van der Waals surface area contributed by atoms with Gasteiger partial charge < -0.3 is 50.2 Å². The molecule has 23 heteroatoms. The smallest absolute Gasteiger partial charge is 0.329 e. The number of nitrogens with two attached hydrogens (primary N) is 1. The molecule has 5 aromatic rings. The summed E-state index contributed by atoms with van der Waals surface area (Å²) < 4.78 is 20.1. The van der Waals surface area contributed by atoms with Crippen molar-refractivity contribution in [3.05, 3.63) is 114 Å². The molecule has 0 radical (unpaired) electrons. The van der Waals surface area contributed by atoms with Crippen molar-refractivity contribution in [2.45, 2.75) is 102 Å². The Morgan fingerprint density at radius 1 is 0.892 bits per heavy atom. The molecule has 4 fully saturated rings. The van der Waals surface area contributed by atoms with Gasteiger partial charge >= 0.3 is 5.69 Å². The van der Waals surface area contributed by atoms with Gasteiger partial charge in [-0.2, -0.15) is 9.98 Å². The van der Waals surface area contributed by atoms with Gasteiger partial charge in [-0.05, 0) is 74.6 Å². The molecule has 2 saturated carbocycles. The van der Waals surface area contributed by atoms with Gasteiger partial charge in [-0.15, -0.1) is 0 Å². The number of allylic oxidation sites excluding steroid dienone is 1. The van der Waals surface area contributed by atoms with E-state index in [1.54, 1.807) is 63.4 Å². The van der Waals surface area contributed by atoms with Crippen LogP contribution in [0.15, 0.2) is 106 Å². The minimum Gasteiger partial charge on any atom is -0.368 e. The number of aryl methyl sites for hydroxylation is 1. The lowest BCUT2D eigenvalue weighted by atomic mass is 10.0. The molecule has 10 rings (SSSR count). The molecule has 3 aliphatic heterocycles. The van der Waals surface area contributed by atoms with E-state index in [1.165, 1.54) is 28.3 Å². The first-order chi connectivity index (χ1) is 39.9. The van der Waals surface area contributed by atoms with Crippen molar-refractivity contribution in [1.29, 1.82) is 0 Å². The third-order valence-electron chi connectivity index (χ3n) is 16.0. The molecule has 22 nitrogen and oxygen atoms in total. The SMILES string of the molecule is C=CC(=C)N=C(N)/N=C1\C(=C)C=C(C(=O)N(C)C)N1C1CCCC1.CC.CNC(=O)CCC(C=O)n1c(=O)n(C)c2c(N3CCN(C4CN(c5ccc(Nc6ncc7cc(C(=O)N(C)C)n(C8CCCC8)c7n6)nc5)C4)CC3)ccc(F)c21. The fourth-order valence-electron chi connectivity index (χ4n) is 11.6. The average Bonchev–Trinajstić information content (AvgIpc) is 3.74. The van der Waals surface area contributed by atoms with Gasteiger partial charge in [0.2, 0.25) is 17.8 Å². The summed E-state index contributed by atoms with van der Waals surface area (Å²) in [7, 11) is 10.1. The lowest BCUT2D eigenvalue weighted by Crippen LogP contribution is -2.63. The molecule has 442 valence electrons. The number of pyridine rings is 1. The van der Waals surface area contributed by atoms with Gasteiger partial charge in [-0.3, -0.25) is 28.4 Å². The van der Waals surface area contributed by atoms with Gasteiger partial charge in [0, 0.05) is 123 Å². The number of anilines is 4. The number of nitrogens with one attached hydrogen (secondary N) is 2.